The van der Waals surface area contributed by atoms with E-state index in [0.29, 0.717) is 22.9 Å². The van der Waals surface area contributed by atoms with Gasteiger partial charge in [0.2, 0.25) is 5.91 Å². The zero-order valence-corrected chi connectivity index (χ0v) is 21.4. The summed E-state index contributed by atoms with van der Waals surface area (Å²) in [5.74, 6) is 0.210. The first-order chi connectivity index (χ1) is 17.3. The highest BCUT2D eigenvalue weighted by Gasteiger charge is 2.21. The van der Waals surface area contributed by atoms with Gasteiger partial charge in [-0.05, 0) is 49.2 Å². The van der Waals surface area contributed by atoms with Gasteiger partial charge in [-0.15, -0.1) is 0 Å². The molecule has 1 aromatic heterocycles. The predicted octanol–water partition coefficient (Wildman–Crippen LogP) is 6.24. The molecule has 4 rings (SSSR count). The first kappa shape index (κ1) is 25.2. The van der Waals surface area contributed by atoms with Crippen LogP contribution in [0.4, 0.5) is 5.82 Å². The molecule has 4 aromatic rings. The summed E-state index contributed by atoms with van der Waals surface area (Å²) < 4.78 is 1.72. The van der Waals surface area contributed by atoms with E-state index in [-0.39, 0.29) is 24.3 Å². The molecule has 3 aromatic carbocycles. The summed E-state index contributed by atoms with van der Waals surface area (Å²) in [6, 6.07) is 26.3. The van der Waals surface area contributed by atoms with E-state index in [4.69, 9.17) is 16.7 Å². The van der Waals surface area contributed by atoms with E-state index in [9.17, 15) is 9.59 Å². The van der Waals surface area contributed by atoms with Crippen molar-refractivity contribution in [3.8, 4) is 16.9 Å². The van der Waals surface area contributed by atoms with E-state index in [0.717, 1.165) is 22.5 Å². The van der Waals surface area contributed by atoms with E-state index in [2.05, 4.69) is 5.32 Å². The Labute approximate surface area is 216 Å². The molecule has 0 fully saturated rings. The van der Waals surface area contributed by atoms with E-state index in [1.165, 1.54) is 0 Å². The third kappa shape index (κ3) is 6.20. The number of rotatable bonds is 8. The fraction of sp³-hybridized carbons (Fsp3) is 0.207. The van der Waals surface area contributed by atoms with Gasteiger partial charge in [-0.2, -0.15) is 5.10 Å². The van der Waals surface area contributed by atoms with Gasteiger partial charge in [0, 0.05) is 28.8 Å². The summed E-state index contributed by atoms with van der Waals surface area (Å²) in [6.07, 6.45) is 0. The second-order valence-electron chi connectivity index (χ2n) is 9.16. The summed E-state index contributed by atoms with van der Waals surface area (Å²) in [4.78, 5) is 27.9. The van der Waals surface area contributed by atoms with Crippen LogP contribution < -0.4 is 5.32 Å². The minimum atomic E-state index is -0.300. The first-order valence-corrected chi connectivity index (χ1v) is 12.2. The second kappa shape index (κ2) is 11.2. The van der Waals surface area contributed by atoms with Crippen molar-refractivity contribution in [2.75, 3.05) is 18.4 Å². The van der Waals surface area contributed by atoms with Crippen molar-refractivity contribution in [2.24, 2.45) is 5.92 Å². The number of anilines is 1. The van der Waals surface area contributed by atoms with Crippen LogP contribution in [0, 0.1) is 12.8 Å². The summed E-state index contributed by atoms with van der Waals surface area (Å²) >= 11 is 5.98. The van der Waals surface area contributed by atoms with Crippen molar-refractivity contribution in [3.63, 3.8) is 0 Å². The van der Waals surface area contributed by atoms with Crippen LogP contribution in [-0.4, -0.2) is 39.6 Å². The Hall–Kier alpha value is -3.90. The van der Waals surface area contributed by atoms with Crippen molar-refractivity contribution in [2.45, 2.75) is 20.8 Å². The maximum Gasteiger partial charge on any atom is 0.254 e. The van der Waals surface area contributed by atoms with Crippen molar-refractivity contribution in [1.29, 1.82) is 0 Å². The number of nitrogens with one attached hydrogen (secondary N) is 1. The summed E-state index contributed by atoms with van der Waals surface area (Å²) in [7, 11) is 0. The molecule has 0 saturated heterocycles. The van der Waals surface area contributed by atoms with Crippen LogP contribution in [0.1, 0.15) is 29.8 Å². The number of benzene rings is 3. The van der Waals surface area contributed by atoms with Crippen LogP contribution in [0.25, 0.3) is 16.9 Å². The molecule has 6 nitrogen and oxygen atoms in total. The van der Waals surface area contributed by atoms with Crippen molar-refractivity contribution in [1.82, 2.24) is 14.7 Å². The van der Waals surface area contributed by atoms with Gasteiger partial charge in [0.25, 0.3) is 5.91 Å². The molecule has 1 heterocycles. The monoisotopic (exact) mass is 500 g/mol. The van der Waals surface area contributed by atoms with Gasteiger partial charge in [-0.1, -0.05) is 73.5 Å². The number of hydrogen-bond donors (Lipinski definition) is 1. The Kier molecular flexibility index (Phi) is 7.86. The van der Waals surface area contributed by atoms with Crippen molar-refractivity contribution < 1.29 is 9.59 Å². The number of halogens is 1. The molecule has 0 bridgehead atoms. The molecule has 0 spiro atoms. The van der Waals surface area contributed by atoms with Gasteiger partial charge >= 0.3 is 0 Å². The molecule has 2 amide bonds. The molecular weight excluding hydrogens is 472 g/mol. The molecule has 1 N–H and O–H groups in total. The lowest BCUT2D eigenvalue weighted by atomic mass is 10.1. The smallest absolute Gasteiger partial charge is 0.254 e. The highest BCUT2D eigenvalue weighted by molar-refractivity contribution is 6.30. The Morgan fingerprint density at radius 3 is 2.28 bits per heavy atom. The van der Waals surface area contributed by atoms with E-state index in [1.807, 2.05) is 81.4 Å². The highest BCUT2D eigenvalue weighted by Crippen LogP contribution is 2.25. The standard InChI is InChI=1S/C29H29ClN4O2/c1-20(2)18-33(29(36)23-11-13-24(30)14-12-23)19-28(35)31-27-17-26(22-7-5-4-6-8-22)32-34(27)25-15-9-21(3)10-16-25/h4-17,20H,18-19H2,1-3H3,(H,31,35). The lowest BCUT2D eigenvalue weighted by molar-refractivity contribution is -0.117. The van der Waals surface area contributed by atoms with Gasteiger partial charge in [0.1, 0.15) is 12.4 Å². The van der Waals surface area contributed by atoms with Crippen molar-refractivity contribution >= 4 is 29.2 Å². The number of carbonyl (C=O) groups excluding carboxylic acids is 2. The molecule has 0 aliphatic carbocycles. The molecule has 0 aliphatic rings. The van der Waals surface area contributed by atoms with Crippen LogP contribution >= 0.6 is 11.6 Å². The lowest BCUT2D eigenvalue weighted by Crippen LogP contribution is -2.40. The molecule has 0 saturated carbocycles. The van der Waals surface area contributed by atoms with Crippen LogP contribution in [0.3, 0.4) is 0 Å². The third-order valence-corrected chi connectivity index (χ3v) is 5.88. The number of aromatic nitrogens is 2. The average Bonchev–Trinajstić information content (AvgIpc) is 3.28. The SMILES string of the molecule is Cc1ccc(-n2nc(-c3ccccc3)cc2NC(=O)CN(CC(C)C)C(=O)c2ccc(Cl)cc2)cc1. The Morgan fingerprint density at radius 2 is 1.64 bits per heavy atom. The van der Waals surface area contributed by atoms with E-state index >= 15 is 0 Å². The van der Waals surface area contributed by atoms with Crippen LogP contribution in [0.2, 0.25) is 5.02 Å². The van der Waals surface area contributed by atoms with Gasteiger partial charge in [-0.3, -0.25) is 9.59 Å². The number of nitrogens with zero attached hydrogens (tertiary/aromatic N) is 3. The number of aryl methyl sites for hydroxylation is 1. The zero-order chi connectivity index (χ0) is 25.7. The van der Waals surface area contributed by atoms with Crippen LogP contribution in [0.5, 0.6) is 0 Å². The minimum absolute atomic E-state index is 0.0839. The molecule has 0 atom stereocenters. The summed E-state index contributed by atoms with van der Waals surface area (Å²) in [5, 5.41) is 8.29. The molecule has 7 heteroatoms. The number of hydrogen-bond acceptors (Lipinski definition) is 3. The number of amides is 2. The van der Waals surface area contributed by atoms with Crippen molar-refractivity contribution in [3.05, 3.63) is 101 Å². The predicted molar refractivity (Wildman–Crippen MR) is 145 cm³/mol. The molecule has 184 valence electrons. The highest BCUT2D eigenvalue weighted by atomic mass is 35.5. The Morgan fingerprint density at radius 1 is 0.972 bits per heavy atom. The third-order valence-electron chi connectivity index (χ3n) is 5.62. The molecule has 0 radical (unpaired) electrons. The normalized spacial score (nSPS) is 10.9. The van der Waals surface area contributed by atoms with E-state index in [1.54, 1.807) is 33.8 Å². The largest absolute Gasteiger partial charge is 0.329 e. The summed E-state index contributed by atoms with van der Waals surface area (Å²) in [6.45, 7) is 6.41. The second-order valence-corrected chi connectivity index (χ2v) is 9.60. The zero-order valence-electron chi connectivity index (χ0n) is 20.6. The molecule has 0 unspecified atom stereocenters. The Bertz CT molecular complexity index is 1330. The molecule has 36 heavy (non-hydrogen) atoms. The molecular formula is C29H29ClN4O2. The fourth-order valence-corrected chi connectivity index (χ4v) is 4.02. The topological polar surface area (TPSA) is 67.2 Å². The maximum atomic E-state index is 13.2. The molecule has 0 aliphatic heterocycles. The lowest BCUT2D eigenvalue weighted by Gasteiger charge is -2.24. The maximum absolute atomic E-state index is 13.2. The quantitative estimate of drug-likeness (QED) is 0.311. The Balaban J connectivity index is 1.60. The van der Waals surface area contributed by atoms with Gasteiger partial charge in [0.15, 0.2) is 0 Å². The fourth-order valence-electron chi connectivity index (χ4n) is 3.89. The summed E-state index contributed by atoms with van der Waals surface area (Å²) in [5.41, 5.74) is 4.13. The van der Waals surface area contributed by atoms with Crippen LogP contribution in [-0.2, 0) is 4.79 Å². The van der Waals surface area contributed by atoms with Gasteiger partial charge in [0.05, 0.1) is 11.4 Å². The van der Waals surface area contributed by atoms with Gasteiger partial charge < -0.3 is 10.2 Å². The average molecular weight is 501 g/mol. The van der Waals surface area contributed by atoms with Crippen LogP contribution in [0.15, 0.2) is 84.9 Å². The number of carbonyl (C=O) groups is 2. The minimum Gasteiger partial charge on any atom is -0.329 e. The first-order valence-electron chi connectivity index (χ1n) is 11.9. The van der Waals surface area contributed by atoms with Gasteiger partial charge in [-0.25, -0.2) is 4.68 Å². The van der Waals surface area contributed by atoms with E-state index < -0.39 is 0 Å².